The van der Waals surface area contributed by atoms with Crippen LogP contribution in [-0.2, 0) is 0 Å². The van der Waals surface area contributed by atoms with Crippen molar-refractivity contribution in [3.8, 4) is 11.5 Å². The van der Waals surface area contributed by atoms with Gasteiger partial charge in [0.15, 0.2) is 11.5 Å². The number of nitrogens with one attached hydrogen (secondary N) is 2. The average molecular weight is 362 g/mol. The van der Waals surface area contributed by atoms with Crippen molar-refractivity contribution >= 4 is 23.1 Å². The molecule has 0 aliphatic carbocycles. The van der Waals surface area contributed by atoms with Crippen LogP contribution in [0, 0.1) is 0 Å². The Morgan fingerprint density at radius 2 is 1.59 bits per heavy atom. The van der Waals surface area contributed by atoms with E-state index >= 15 is 0 Å². The van der Waals surface area contributed by atoms with E-state index in [0.29, 0.717) is 30.9 Å². The second kappa shape index (κ2) is 7.53. The quantitative estimate of drug-likeness (QED) is 0.676. The van der Waals surface area contributed by atoms with Crippen LogP contribution in [0.1, 0.15) is 25.3 Å². The molecule has 0 amide bonds. The summed E-state index contributed by atoms with van der Waals surface area (Å²) < 4.78 is 11.2. The summed E-state index contributed by atoms with van der Waals surface area (Å²) >= 11 is 0. The molecule has 4 rings (SSSR count). The number of nitrogens with zero attached hydrogens (tertiary/aromatic N) is 2. The first-order valence-electron chi connectivity index (χ1n) is 9.04. The number of aromatic nitrogens is 2. The van der Waals surface area contributed by atoms with Crippen molar-refractivity contribution in [1.82, 2.24) is 9.97 Å². The second-order valence-corrected chi connectivity index (χ2v) is 6.65. The highest BCUT2D eigenvalue weighted by Crippen LogP contribution is 2.33. The van der Waals surface area contributed by atoms with E-state index in [2.05, 4.69) is 46.6 Å². The highest BCUT2D eigenvalue weighted by molar-refractivity contribution is 5.63. The van der Waals surface area contributed by atoms with Gasteiger partial charge in [0.1, 0.15) is 19.0 Å². The van der Waals surface area contributed by atoms with E-state index in [1.165, 1.54) is 5.56 Å². The van der Waals surface area contributed by atoms with E-state index < -0.39 is 0 Å². The molecule has 6 nitrogen and oxygen atoms in total. The van der Waals surface area contributed by atoms with E-state index in [1.54, 1.807) is 6.20 Å². The van der Waals surface area contributed by atoms with Gasteiger partial charge < -0.3 is 20.1 Å². The van der Waals surface area contributed by atoms with Gasteiger partial charge in [-0.15, -0.1) is 0 Å². The minimum absolute atomic E-state index is 0.508. The summed E-state index contributed by atoms with van der Waals surface area (Å²) in [5.74, 6) is 3.25. The van der Waals surface area contributed by atoms with Gasteiger partial charge in [-0.2, -0.15) is 4.98 Å². The van der Waals surface area contributed by atoms with Gasteiger partial charge >= 0.3 is 0 Å². The Morgan fingerprint density at radius 3 is 2.37 bits per heavy atom. The lowest BCUT2D eigenvalue weighted by atomic mass is 10.0. The van der Waals surface area contributed by atoms with Crippen molar-refractivity contribution in [1.29, 1.82) is 0 Å². The predicted molar refractivity (Wildman–Crippen MR) is 107 cm³/mol. The molecule has 2 heterocycles. The van der Waals surface area contributed by atoms with E-state index in [1.807, 2.05) is 36.4 Å². The molecule has 0 radical (unpaired) electrons. The Hall–Kier alpha value is -3.28. The smallest absolute Gasteiger partial charge is 0.229 e. The van der Waals surface area contributed by atoms with Crippen LogP contribution in [0.2, 0.25) is 0 Å². The van der Waals surface area contributed by atoms with E-state index in [-0.39, 0.29) is 0 Å². The molecule has 2 N–H and O–H groups in total. The summed E-state index contributed by atoms with van der Waals surface area (Å²) in [4.78, 5) is 8.82. The summed E-state index contributed by atoms with van der Waals surface area (Å²) in [5, 5.41) is 6.52. The van der Waals surface area contributed by atoms with Gasteiger partial charge in [-0.05, 0) is 41.8 Å². The van der Waals surface area contributed by atoms with Crippen molar-refractivity contribution in [2.24, 2.45) is 0 Å². The summed E-state index contributed by atoms with van der Waals surface area (Å²) in [5.41, 5.74) is 3.14. The minimum Gasteiger partial charge on any atom is -0.486 e. The number of hydrogen-bond acceptors (Lipinski definition) is 6. The lowest BCUT2D eigenvalue weighted by Crippen LogP contribution is -2.15. The number of anilines is 4. The lowest BCUT2D eigenvalue weighted by Gasteiger charge is -2.19. The van der Waals surface area contributed by atoms with Crippen molar-refractivity contribution in [2.45, 2.75) is 19.8 Å². The largest absolute Gasteiger partial charge is 0.486 e. The van der Waals surface area contributed by atoms with Gasteiger partial charge in [-0.25, -0.2) is 4.98 Å². The number of ether oxygens (including phenoxy) is 2. The van der Waals surface area contributed by atoms with Crippen molar-refractivity contribution in [3.63, 3.8) is 0 Å². The molecule has 0 saturated heterocycles. The normalized spacial score (nSPS) is 12.7. The van der Waals surface area contributed by atoms with Crippen LogP contribution in [0.25, 0.3) is 0 Å². The van der Waals surface area contributed by atoms with Gasteiger partial charge in [-0.1, -0.05) is 26.0 Å². The van der Waals surface area contributed by atoms with E-state index in [0.717, 1.165) is 22.9 Å². The summed E-state index contributed by atoms with van der Waals surface area (Å²) in [6.45, 7) is 5.50. The van der Waals surface area contributed by atoms with E-state index in [4.69, 9.17) is 9.47 Å². The number of benzene rings is 2. The van der Waals surface area contributed by atoms with E-state index in [9.17, 15) is 0 Å². The third kappa shape index (κ3) is 4.11. The van der Waals surface area contributed by atoms with Crippen LogP contribution in [0.15, 0.2) is 54.7 Å². The molecule has 0 unspecified atom stereocenters. The predicted octanol–water partition coefficient (Wildman–Crippen LogP) is 4.86. The molecule has 1 aliphatic rings. The molecule has 3 aromatic rings. The third-order valence-corrected chi connectivity index (χ3v) is 4.30. The molecule has 0 bridgehead atoms. The fraction of sp³-hybridized carbons (Fsp3) is 0.238. The van der Waals surface area contributed by atoms with Crippen LogP contribution in [0.4, 0.5) is 23.1 Å². The summed E-state index contributed by atoms with van der Waals surface area (Å²) in [7, 11) is 0. The highest BCUT2D eigenvalue weighted by atomic mass is 16.6. The fourth-order valence-corrected chi connectivity index (χ4v) is 2.84. The monoisotopic (exact) mass is 362 g/mol. The van der Waals surface area contributed by atoms with Crippen molar-refractivity contribution in [2.75, 3.05) is 23.8 Å². The first-order valence-corrected chi connectivity index (χ1v) is 9.04. The number of fused-ring (bicyclic) bond motifs is 1. The Bertz CT molecular complexity index is 926. The standard InChI is InChI=1S/C21H22N4O2/c1-14(2)15-3-5-16(6-4-15)24-21-22-10-9-20(25-21)23-17-7-8-18-19(13-17)27-12-11-26-18/h3-10,13-14H,11-12H2,1-2H3,(H2,22,23,24,25). The SMILES string of the molecule is CC(C)c1ccc(Nc2nccc(Nc3ccc4c(c3)OCCO4)n2)cc1. The Kier molecular flexibility index (Phi) is 4.78. The Balaban J connectivity index is 1.47. The molecule has 2 aromatic carbocycles. The van der Waals surface area contributed by atoms with Crippen LogP contribution in [0.3, 0.4) is 0 Å². The zero-order valence-corrected chi connectivity index (χ0v) is 15.4. The second-order valence-electron chi connectivity index (χ2n) is 6.65. The number of rotatable bonds is 5. The van der Waals surface area contributed by atoms with Gasteiger partial charge in [-0.3, -0.25) is 0 Å². The molecular weight excluding hydrogens is 340 g/mol. The Labute approximate surface area is 158 Å². The van der Waals surface area contributed by atoms with Crippen LogP contribution >= 0.6 is 0 Å². The topological polar surface area (TPSA) is 68.3 Å². The third-order valence-electron chi connectivity index (χ3n) is 4.30. The average Bonchev–Trinajstić information content (AvgIpc) is 2.69. The molecule has 138 valence electrons. The van der Waals surface area contributed by atoms with Gasteiger partial charge in [0.25, 0.3) is 0 Å². The maximum atomic E-state index is 5.62. The van der Waals surface area contributed by atoms with Crippen molar-refractivity contribution < 1.29 is 9.47 Å². The first-order chi connectivity index (χ1) is 13.2. The molecule has 0 atom stereocenters. The van der Waals surface area contributed by atoms with Crippen LogP contribution < -0.4 is 20.1 Å². The molecule has 0 saturated carbocycles. The molecule has 1 aromatic heterocycles. The zero-order valence-electron chi connectivity index (χ0n) is 15.4. The van der Waals surface area contributed by atoms with Crippen LogP contribution in [-0.4, -0.2) is 23.2 Å². The molecule has 27 heavy (non-hydrogen) atoms. The van der Waals surface area contributed by atoms with Gasteiger partial charge in [0, 0.05) is 23.6 Å². The molecule has 0 spiro atoms. The van der Waals surface area contributed by atoms with Gasteiger partial charge in [0.05, 0.1) is 0 Å². The summed E-state index contributed by atoms with van der Waals surface area (Å²) in [6.07, 6.45) is 1.72. The summed E-state index contributed by atoms with van der Waals surface area (Å²) in [6, 6.07) is 15.9. The maximum Gasteiger partial charge on any atom is 0.229 e. The molecule has 0 fully saturated rings. The fourth-order valence-electron chi connectivity index (χ4n) is 2.84. The first kappa shape index (κ1) is 17.1. The molecule has 1 aliphatic heterocycles. The Morgan fingerprint density at radius 1 is 0.852 bits per heavy atom. The minimum atomic E-state index is 0.508. The zero-order chi connectivity index (χ0) is 18.6. The number of hydrogen-bond donors (Lipinski definition) is 2. The lowest BCUT2D eigenvalue weighted by molar-refractivity contribution is 0.171. The molecular formula is C21H22N4O2. The highest BCUT2D eigenvalue weighted by Gasteiger charge is 2.12. The van der Waals surface area contributed by atoms with Gasteiger partial charge in [0.2, 0.25) is 5.95 Å². The molecule has 6 heteroatoms. The van der Waals surface area contributed by atoms with Crippen molar-refractivity contribution in [3.05, 3.63) is 60.3 Å². The van der Waals surface area contributed by atoms with Crippen LogP contribution in [0.5, 0.6) is 11.5 Å². The maximum absolute atomic E-state index is 5.62.